The zero-order valence-corrected chi connectivity index (χ0v) is 51.5. The second-order valence-electron chi connectivity index (χ2n) is 23.9. The molecule has 0 heterocycles. The van der Waals surface area contributed by atoms with Crippen LogP contribution < -0.4 is 5.32 Å². The van der Waals surface area contributed by atoms with Crippen LogP contribution in [0.4, 0.5) is 0 Å². The first-order chi connectivity index (χ1) is 37.5. The van der Waals surface area contributed by atoms with Gasteiger partial charge in [-0.2, -0.15) is 0 Å². The van der Waals surface area contributed by atoms with Crippen molar-refractivity contribution in [3.63, 3.8) is 0 Å². The SMILES string of the molecule is CCCCCCCC/C=C\CCCCCCCC(=O)OCCCCCCCCCCCCCCCCCCCCCCCCCCCCCC(=O)NC(CO)C(O)/C=C/CCCCCCCCCCCCCCCCC. The number of hydrogen-bond acceptors (Lipinski definition) is 5. The minimum Gasteiger partial charge on any atom is -0.466 e. The zero-order chi connectivity index (χ0) is 55.0. The van der Waals surface area contributed by atoms with Gasteiger partial charge in [0, 0.05) is 12.8 Å². The molecule has 1 amide bonds. The van der Waals surface area contributed by atoms with Gasteiger partial charge >= 0.3 is 5.97 Å². The lowest BCUT2D eigenvalue weighted by Gasteiger charge is -2.20. The van der Waals surface area contributed by atoms with E-state index < -0.39 is 12.1 Å². The van der Waals surface area contributed by atoms with Crippen LogP contribution in [0, 0.1) is 0 Å². The molecule has 0 aliphatic rings. The van der Waals surface area contributed by atoms with E-state index in [9.17, 15) is 19.8 Å². The molecule has 6 nitrogen and oxygen atoms in total. The molecular weight excluding hydrogens is 935 g/mol. The summed E-state index contributed by atoms with van der Waals surface area (Å²) in [4.78, 5) is 24.6. The number of ether oxygens (including phenoxy) is 1. The lowest BCUT2D eigenvalue weighted by molar-refractivity contribution is -0.143. The van der Waals surface area contributed by atoms with Gasteiger partial charge in [-0.3, -0.25) is 9.59 Å². The second kappa shape index (κ2) is 65.9. The van der Waals surface area contributed by atoms with E-state index in [1.807, 2.05) is 6.08 Å². The number of aliphatic hydroxyl groups is 2. The quantitative estimate of drug-likeness (QED) is 0.0320. The molecule has 2 unspecified atom stereocenters. The van der Waals surface area contributed by atoms with Gasteiger partial charge in [-0.25, -0.2) is 0 Å². The molecule has 0 aliphatic carbocycles. The number of amides is 1. The number of esters is 1. The fraction of sp³-hybridized carbons (Fsp3) is 0.914. The highest BCUT2D eigenvalue weighted by atomic mass is 16.5. The molecule has 0 radical (unpaired) electrons. The maximum atomic E-state index is 12.5. The van der Waals surface area contributed by atoms with Crippen molar-refractivity contribution in [2.75, 3.05) is 13.2 Å². The van der Waals surface area contributed by atoms with E-state index in [0.29, 0.717) is 19.4 Å². The normalized spacial score (nSPS) is 12.6. The molecule has 0 fully saturated rings. The molecular formula is C70H135NO5. The molecule has 0 aromatic heterocycles. The average Bonchev–Trinajstić information content (AvgIpc) is 3.42. The minimum atomic E-state index is -0.842. The Bertz CT molecular complexity index is 1190. The maximum Gasteiger partial charge on any atom is 0.305 e. The van der Waals surface area contributed by atoms with Crippen molar-refractivity contribution in [2.24, 2.45) is 0 Å². The summed E-state index contributed by atoms with van der Waals surface area (Å²) in [6.07, 6.45) is 82.5. The first kappa shape index (κ1) is 74.3. The highest BCUT2D eigenvalue weighted by Gasteiger charge is 2.18. The Morgan fingerprint density at radius 3 is 0.934 bits per heavy atom. The van der Waals surface area contributed by atoms with Crippen molar-refractivity contribution < 1.29 is 24.5 Å². The van der Waals surface area contributed by atoms with Gasteiger partial charge in [-0.15, -0.1) is 0 Å². The average molecular weight is 1070 g/mol. The first-order valence-corrected chi connectivity index (χ1v) is 34.6. The number of hydrogen-bond donors (Lipinski definition) is 3. The molecule has 6 heteroatoms. The monoisotopic (exact) mass is 1070 g/mol. The number of rotatable bonds is 65. The predicted octanol–water partition coefficient (Wildman–Crippen LogP) is 22.1. The number of allylic oxidation sites excluding steroid dienone is 3. The van der Waals surface area contributed by atoms with Crippen LogP contribution in [0.3, 0.4) is 0 Å². The van der Waals surface area contributed by atoms with Crippen LogP contribution in [0.2, 0.25) is 0 Å². The fourth-order valence-electron chi connectivity index (χ4n) is 10.9. The van der Waals surface area contributed by atoms with Gasteiger partial charge in [0.2, 0.25) is 5.91 Å². The second-order valence-corrected chi connectivity index (χ2v) is 23.9. The van der Waals surface area contributed by atoms with Gasteiger partial charge in [-0.1, -0.05) is 340 Å². The van der Waals surface area contributed by atoms with Gasteiger partial charge < -0.3 is 20.3 Å². The van der Waals surface area contributed by atoms with Gasteiger partial charge in [0.1, 0.15) is 0 Å². The van der Waals surface area contributed by atoms with E-state index in [1.54, 1.807) is 6.08 Å². The van der Waals surface area contributed by atoms with E-state index in [0.717, 1.165) is 44.9 Å². The third kappa shape index (κ3) is 61.6. The molecule has 0 saturated carbocycles. The first-order valence-electron chi connectivity index (χ1n) is 34.6. The van der Waals surface area contributed by atoms with Crippen molar-refractivity contribution in [2.45, 2.75) is 398 Å². The third-order valence-electron chi connectivity index (χ3n) is 16.2. The molecule has 0 aromatic carbocycles. The highest BCUT2D eigenvalue weighted by molar-refractivity contribution is 5.76. The molecule has 2 atom stereocenters. The van der Waals surface area contributed by atoms with Crippen molar-refractivity contribution in [1.29, 1.82) is 0 Å². The Kier molecular flexibility index (Phi) is 64.4. The number of carbonyl (C=O) groups excluding carboxylic acids is 2. The summed E-state index contributed by atoms with van der Waals surface area (Å²) in [6, 6.07) is -0.626. The molecule has 0 aliphatic heterocycles. The topological polar surface area (TPSA) is 95.9 Å². The van der Waals surface area contributed by atoms with Crippen LogP contribution in [-0.4, -0.2) is 47.4 Å². The van der Waals surface area contributed by atoms with E-state index >= 15 is 0 Å². The standard InChI is InChI=1S/C70H135NO5/c1-3-5-7-9-11-13-15-17-19-31-35-38-42-46-50-54-58-62-68(73)67(66-72)71-69(74)63-59-55-51-47-43-39-36-32-29-27-25-23-21-20-22-24-26-28-30-33-37-41-45-49-53-57-61-65-76-70(75)64-60-56-52-48-44-40-34-18-16-14-12-10-8-6-4-2/h18,34,58,62,67-68,72-73H,3-17,19-33,35-57,59-61,63-66H2,1-2H3,(H,71,74)/b34-18-,62-58+. The Morgan fingerprint density at radius 1 is 0.355 bits per heavy atom. The lowest BCUT2D eigenvalue weighted by atomic mass is 10.0. The number of aliphatic hydroxyl groups excluding tert-OH is 2. The summed E-state index contributed by atoms with van der Waals surface area (Å²) < 4.78 is 5.49. The third-order valence-corrected chi connectivity index (χ3v) is 16.2. The Balaban J connectivity index is 3.36. The van der Waals surface area contributed by atoms with Crippen LogP contribution >= 0.6 is 0 Å². The van der Waals surface area contributed by atoms with Gasteiger partial charge in [0.05, 0.1) is 25.4 Å². The zero-order valence-electron chi connectivity index (χ0n) is 51.5. The van der Waals surface area contributed by atoms with Crippen molar-refractivity contribution in [1.82, 2.24) is 5.32 Å². The minimum absolute atomic E-state index is 0.0104. The summed E-state index contributed by atoms with van der Waals surface area (Å²) in [5.74, 6) is -0.0519. The van der Waals surface area contributed by atoms with E-state index in [-0.39, 0.29) is 18.5 Å². The van der Waals surface area contributed by atoms with Crippen LogP contribution in [0.15, 0.2) is 24.3 Å². The molecule has 0 rings (SSSR count). The van der Waals surface area contributed by atoms with E-state index in [2.05, 4.69) is 31.3 Å². The van der Waals surface area contributed by atoms with Crippen LogP contribution in [0.25, 0.3) is 0 Å². The summed E-state index contributed by atoms with van der Waals surface area (Å²) in [7, 11) is 0. The molecule has 76 heavy (non-hydrogen) atoms. The Labute approximate surface area is 475 Å². The van der Waals surface area contributed by atoms with Crippen LogP contribution in [-0.2, 0) is 14.3 Å². The number of nitrogens with one attached hydrogen (secondary N) is 1. The summed E-state index contributed by atoms with van der Waals surface area (Å²) in [5, 5.41) is 23.2. The van der Waals surface area contributed by atoms with E-state index in [1.165, 1.54) is 315 Å². The summed E-state index contributed by atoms with van der Waals surface area (Å²) in [6.45, 7) is 4.93. The van der Waals surface area contributed by atoms with Gasteiger partial charge in [0.15, 0.2) is 0 Å². The number of carbonyl (C=O) groups is 2. The van der Waals surface area contributed by atoms with Crippen molar-refractivity contribution in [3.05, 3.63) is 24.3 Å². The summed E-state index contributed by atoms with van der Waals surface area (Å²) in [5.41, 5.74) is 0. The van der Waals surface area contributed by atoms with Crippen LogP contribution in [0.1, 0.15) is 386 Å². The van der Waals surface area contributed by atoms with Gasteiger partial charge in [-0.05, 0) is 57.8 Å². The van der Waals surface area contributed by atoms with Crippen molar-refractivity contribution in [3.8, 4) is 0 Å². The van der Waals surface area contributed by atoms with Crippen molar-refractivity contribution >= 4 is 11.9 Å². The molecule has 3 N–H and O–H groups in total. The predicted molar refractivity (Wildman–Crippen MR) is 333 cm³/mol. The van der Waals surface area contributed by atoms with Gasteiger partial charge in [0.25, 0.3) is 0 Å². The molecule has 450 valence electrons. The smallest absolute Gasteiger partial charge is 0.305 e. The molecule has 0 saturated heterocycles. The number of unbranched alkanes of at least 4 members (excludes halogenated alkanes) is 52. The lowest BCUT2D eigenvalue weighted by Crippen LogP contribution is -2.45. The van der Waals surface area contributed by atoms with Crippen LogP contribution in [0.5, 0.6) is 0 Å². The largest absolute Gasteiger partial charge is 0.466 e. The maximum absolute atomic E-state index is 12.5. The Morgan fingerprint density at radius 2 is 0.618 bits per heavy atom. The van der Waals surface area contributed by atoms with E-state index in [4.69, 9.17) is 4.74 Å². The molecule has 0 bridgehead atoms. The fourth-order valence-corrected chi connectivity index (χ4v) is 10.9. The Hall–Kier alpha value is -1.66. The molecule has 0 spiro atoms. The molecule has 0 aromatic rings. The summed E-state index contributed by atoms with van der Waals surface area (Å²) >= 11 is 0. The highest BCUT2D eigenvalue weighted by Crippen LogP contribution is 2.19.